The van der Waals surface area contributed by atoms with Crippen LogP contribution >= 0.6 is 0 Å². The van der Waals surface area contributed by atoms with Crippen LogP contribution in [0.4, 0.5) is 0 Å². The quantitative estimate of drug-likeness (QED) is 0.640. The molecule has 0 aromatic heterocycles. The van der Waals surface area contributed by atoms with Crippen molar-refractivity contribution in [2.24, 2.45) is 0 Å². The number of ether oxygens (including phenoxy) is 2. The molecule has 1 aliphatic rings. The van der Waals surface area contributed by atoms with Crippen molar-refractivity contribution in [2.45, 2.75) is 19.3 Å². The van der Waals surface area contributed by atoms with Gasteiger partial charge in [0.15, 0.2) is 0 Å². The van der Waals surface area contributed by atoms with Crippen LogP contribution in [0, 0.1) is 0 Å². The summed E-state index contributed by atoms with van der Waals surface area (Å²) in [5.74, 6) is 0.734. The number of fused-ring (bicyclic) bond motifs is 1. The molecule has 1 aromatic rings. The van der Waals surface area contributed by atoms with E-state index in [1.165, 1.54) is 0 Å². The van der Waals surface area contributed by atoms with E-state index in [2.05, 4.69) is 11.9 Å². The van der Waals surface area contributed by atoms with E-state index in [1.54, 1.807) is 0 Å². The fraction of sp³-hybridized carbons (Fsp3) is 0.438. The summed E-state index contributed by atoms with van der Waals surface area (Å²) in [6.07, 6.45) is 0.718. The summed E-state index contributed by atoms with van der Waals surface area (Å²) >= 11 is 0. The zero-order valence-corrected chi connectivity index (χ0v) is 11.9. The number of para-hydroxylation sites is 1. The third kappa shape index (κ3) is 3.84. The zero-order valence-electron chi connectivity index (χ0n) is 11.9. The Labute approximate surface area is 119 Å². The molecule has 1 atom stereocenters. The van der Waals surface area contributed by atoms with Crippen LogP contribution in [0.3, 0.4) is 0 Å². The van der Waals surface area contributed by atoms with E-state index in [0.29, 0.717) is 26.4 Å². The van der Waals surface area contributed by atoms with Gasteiger partial charge >= 0.3 is 0 Å². The second-order valence-corrected chi connectivity index (χ2v) is 5.03. The van der Waals surface area contributed by atoms with Gasteiger partial charge in [0.1, 0.15) is 5.75 Å². The smallest absolute Gasteiger partial charge is 0.227 e. The lowest BCUT2D eigenvalue weighted by Crippen LogP contribution is -2.34. The van der Waals surface area contributed by atoms with Crippen molar-refractivity contribution < 1.29 is 14.3 Å². The van der Waals surface area contributed by atoms with Gasteiger partial charge in [-0.2, -0.15) is 0 Å². The Morgan fingerprint density at radius 2 is 2.30 bits per heavy atom. The van der Waals surface area contributed by atoms with Gasteiger partial charge in [0.05, 0.1) is 25.7 Å². The predicted molar refractivity (Wildman–Crippen MR) is 77.9 cm³/mol. The van der Waals surface area contributed by atoms with Crippen LogP contribution in [0.2, 0.25) is 0 Å². The first-order chi connectivity index (χ1) is 9.68. The summed E-state index contributed by atoms with van der Waals surface area (Å²) in [5.41, 5.74) is 1.95. The maximum Gasteiger partial charge on any atom is 0.227 e. The molecule has 0 fully saturated rings. The molecule has 0 spiro atoms. The summed E-state index contributed by atoms with van der Waals surface area (Å²) in [7, 11) is 0. The first-order valence-corrected chi connectivity index (χ1v) is 6.90. The minimum Gasteiger partial charge on any atom is -0.493 e. The molecule has 0 aliphatic carbocycles. The van der Waals surface area contributed by atoms with E-state index in [9.17, 15) is 4.79 Å². The van der Waals surface area contributed by atoms with E-state index < -0.39 is 0 Å². The number of benzene rings is 1. The number of nitrogens with one attached hydrogen (secondary N) is 1. The lowest BCUT2D eigenvalue weighted by Gasteiger charge is -2.25. The number of hydrogen-bond donors (Lipinski definition) is 1. The third-order valence-corrected chi connectivity index (χ3v) is 3.17. The molecule has 4 nitrogen and oxygen atoms in total. The second-order valence-electron chi connectivity index (χ2n) is 5.03. The molecule has 20 heavy (non-hydrogen) atoms. The topological polar surface area (TPSA) is 47.6 Å². The molecule has 1 aliphatic heterocycles. The van der Waals surface area contributed by atoms with Gasteiger partial charge < -0.3 is 14.8 Å². The van der Waals surface area contributed by atoms with Gasteiger partial charge in [-0.15, -0.1) is 0 Å². The maximum absolute atomic E-state index is 12.2. The molecular weight excluding hydrogens is 254 g/mol. The number of amides is 1. The Morgan fingerprint density at radius 1 is 1.50 bits per heavy atom. The highest BCUT2D eigenvalue weighted by molar-refractivity contribution is 5.84. The normalized spacial score (nSPS) is 16.9. The van der Waals surface area contributed by atoms with Gasteiger partial charge in [0.25, 0.3) is 0 Å². The van der Waals surface area contributed by atoms with E-state index in [0.717, 1.165) is 23.3 Å². The Morgan fingerprint density at radius 3 is 3.10 bits per heavy atom. The van der Waals surface area contributed by atoms with Crippen LogP contribution in [-0.4, -0.2) is 32.3 Å². The molecule has 0 radical (unpaired) electrons. The lowest BCUT2D eigenvalue weighted by atomic mass is 9.92. The van der Waals surface area contributed by atoms with Crippen molar-refractivity contribution in [3.8, 4) is 5.75 Å². The fourth-order valence-corrected chi connectivity index (χ4v) is 2.23. The van der Waals surface area contributed by atoms with E-state index >= 15 is 0 Å². The predicted octanol–water partition coefficient (Wildman–Crippen LogP) is 2.26. The van der Waals surface area contributed by atoms with E-state index in [1.807, 2.05) is 31.2 Å². The first-order valence-electron chi connectivity index (χ1n) is 6.90. The molecule has 2 rings (SSSR count). The highest BCUT2D eigenvalue weighted by Crippen LogP contribution is 2.33. The van der Waals surface area contributed by atoms with Gasteiger partial charge in [-0.05, 0) is 19.4 Å². The van der Waals surface area contributed by atoms with Crippen molar-refractivity contribution in [3.05, 3.63) is 42.0 Å². The van der Waals surface area contributed by atoms with Crippen molar-refractivity contribution in [1.82, 2.24) is 5.32 Å². The van der Waals surface area contributed by atoms with Gasteiger partial charge in [-0.3, -0.25) is 4.79 Å². The Bertz CT molecular complexity index is 484. The average molecular weight is 275 g/mol. The van der Waals surface area contributed by atoms with Gasteiger partial charge in [-0.25, -0.2) is 0 Å². The minimum atomic E-state index is -0.124. The summed E-state index contributed by atoms with van der Waals surface area (Å²) in [6, 6.07) is 7.72. The lowest BCUT2D eigenvalue weighted by molar-refractivity contribution is -0.123. The SMILES string of the molecule is C=C(C)COCCNC(=O)C1CCOc2ccccc21. The second kappa shape index (κ2) is 7.10. The number of hydrogen-bond acceptors (Lipinski definition) is 3. The zero-order chi connectivity index (χ0) is 14.4. The van der Waals surface area contributed by atoms with Crippen LogP contribution in [0.25, 0.3) is 0 Å². The summed E-state index contributed by atoms with van der Waals surface area (Å²) in [6.45, 7) is 7.82. The summed E-state index contributed by atoms with van der Waals surface area (Å²) < 4.78 is 10.9. The first kappa shape index (κ1) is 14.6. The molecule has 0 saturated heterocycles. The van der Waals surface area contributed by atoms with Crippen molar-refractivity contribution >= 4 is 5.91 Å². The fourth-order valence-electron chi connectivity index (χ4n) is 2.23. The largest absolute Gasteiger partial charge is 0.493 e. The minimum absolute atomic E-state index is 0.0414. The summed E-state index contributed by atoms with van der Waals surface area (Å²) in [5, 5.41) is 2.92. The van der Waals surface area contributed by atoms with E-state index in [-0.39, 0.29) is 11.8 Å². The van der Waals surface area contributed by atoms with Gasteiger partial charge in [0.2, 0.25) is 5.91 Å². The molecule has 4 heteroatoms. The molecule has 0 bridgehead atoms. The molecule has 0 saturated carbocycles. The van der Waals surface area contributed by atoms with Crippen LogP contribution in [0.5, 0.6) is 5.75 Å². The number of carbonyl (C=O) groups excluding carboxylic acids is 1. The third-order valence-electron chi connectivity index (χ3n) is 3.17. The van der Waals surface area contributed by atoms with Crippen LogP contribution in [-0.2, 0) is 9.53 Å². The Kier molecular flexibility index (Phi) is 5.18. The molecule has 1 N–H and O–H groups in total. The van der Waals surface area contributed by atoms with Gasteiger partial charge in [-0.1, -0.05) is 30.4 Å². The van der Waals surface area contributed by atoms with Crippen LogP contribution in [0.1, 0.15) is 24.8 Å². The van der Waals surface area contributed by atoms with E-state index in [4.69, 9.17) is 9.47 Å². The molecule has 1 heterocycles. The highest BCUT2D eigenvalue weighted by Gasteiger charge is 2.26. The molecule has 1 unspecified atom stereocenters. The molecular formula is C16H21NO3. The number of carbonyl (C=O) groups is 1. The highest BCUT2D eigenvalue weighted by atomic mass is 16.5. The molecule has 108 valence electrons. The average Bonchev–Trinajstić information content (AvgIpc) is 2.45. The van der Waals surface area contributed by atoms with Crippen molar-refractivity contribution in [3.63, 3.8) is 0 Å². The molecule has 1 amide bonds. The van der Waals surface area contributed by atoms with Crippen LogP contribution < -0.4 is 10.1 Å². The Hall–Kier alpha value is -1.81. The monoisotopic (exact) mass is 275 g/mol. The Balaban J connectivity index is 1.83. The van der Waals surface area contributed by atoms with Crippen LogP contribution in [0.15, 0.2) is 36.4 Å². The van der Waals surface area contributed by atoms with Gasteiger partial charge in [0, 0.05) is 12.1 Å². The molecule has 1 aromatic carbocycles. The summed E-state index contributed by atoms with van der Waals surface area (Å²) in [4.78, 5) is 12.2. The van der Waals surface area contributed by atoms with Crippen molar-refractivity contribution in [2.75, 3.05) is 26.4 Å². The number of rotatable bonds is 6. The van der Waals surface area contributed by atoms with Crippen molar-refractivity contribution in [1.29, 1.82) is 0 Å². The maximum atomic E-state index is 12.2. The standard InChI is InChI=1S/C16H21NO3/c1-12(2)11-19-10-8-17-16(18)14-7-9-20-15-6-4-3-5-13(14)15/h3-6,14H,1,7-11H2,2H3,(H,17,18).